The van der Waals surface area contributed by atoms with E-state index in [9.17, 15) is 0 Å². The van der Waals surface area contributed by atoms with Gasteiger partial charge in [-0.05, 0) is 53.3 Å². The molecule has 0 saturated heterocycles. The number of fused-ring (bicyclic) bond motifs is 7. The molecule has 1 heteroatoms. The molecule has 5 rings (SSSR count). The van der Waals surface area contributed by atoms with Gasteiger partial charge in [0.05, 0.1) is 0 Å². The van der Waals surface area contributed by atoms with Crippen LogP contribution in [0.2, 0.25) is 0 Å². The lowest BCUT2D eigenvalue weighted by Crippen LogP contribution is -1.87. The molecule has 0 unspecified atom stereocenters. The van der Waals surface area contributed by atoms with Crippen LogP contribution in [0.1, 0.15) is 16.7 Å². The van der Waals surface area contributed by atoms with Crippen LogP contribution in [0.3, 0.4) is 0 Å². The molecule has 0 bridgehead atoms. The molecule has 1 aliphatic rings. The zero-order valence-corrected chi connectivity index (χ0v) is 12.9. The van der Waals surface area contributed by atoms with Crippen LogP contribution < -0.4 is 0 Å². The highest BCUT2D eigenvalue weighted by atomic mass is 14.9. The molecule has 0 saturated carbocycles. The molecule has 3 aromatic carbocycles. The van der Waals surface area contributed by atoms with Gasteiger partial charge in [0, 0.05) is 28.9 Å². The summed E-state index contributed by atoms with van der Waals surface area (Å²) in [7, 11) is 2.17. The SMILES string of the molecule is Cc1cccc2c1Cc1c-2ccc2c1c1ccccc1n2C. The van der Waals surface area contributed by atoms with Crippen molar-refractivity contribution in [3.05, 3.63) is 71.3 Å². The maximum Gasteiger partial charge on any atom is 0.0492 e. The molecule has 1 aromatic heterocycles. The topological polar surface area (TPSA) is 4.93 Å². The van der Waals surface area contributed by atoms with Gasteiger partial charge in [0.25, 0.3) is 0 Å². The first kappa shape index (κ1) is 12.0. The molecule has 0 radical (unpaired) electrons. The molecular formula is C21H17N. The molecule has 1 heterocycles. The number of nitrogens with zero attached hydrogens (tertiary/aromatic N) is 1. The van der Waals surface area contributed by atoms with Crippen molar-refractivity contribution in [1.29, 1.82) is 0 Å². The van der Waals surface area contributed by atoms with Gasteiger partial charge < -0.3 is 4.57 Å². The van der Waals surface area contributed by atoms with Gasteiger partial charge >= 0.3 is 0 Å². The predicted molar refractivity (Wildman–Crippen MR) is 93.4 cm³/mol. The number of para-hydroxylation sites is 1. The molecule has 0 aliphatic heterocycles. The van der Waals surface area contributed by atoms with Crippen LogP contribution in [0.15, 0.2) is 54.6 Å². The Morgan fingerprint density at radius 2 is 1.59 bits per heavy atom. The normalized spacial score (nSPS) is 12.8. The Morgan fingerprint density at radius 1 is 0.773 bits per heavy atom. The van der Waals surface area contributed by atoms with Crippen molar-refractivity contribution >= 4 is 21.8 Å². The molecule has 1 aliphatic carbocycles. The minimum absolute atomic E-state index is 1.06. The molecule has 106 valence electrons. The van der Waals surface area contributed by atoms with Crippen molar-refractivity contribution in [3.63, 3.8) is 0 Å². The fraction of sp³-hybridized carbons (Fsp3) is 0.143. The Kier molecular flexibility index (Phi) is 2.20. The largest absolute Gasteiger partial charge is 0.344 e. The Hall–Kier alpha value is -2.54. The average Bonchev–Trinajstić information content (AvgIpc) is 3.06. The van der Waals surface area contributed by atoms with Crippen LogP contribution in [-0.2, 0) is 13.5 Å². The summed E-state index contributed by atoms with van der Waals surface area (Å²) in [5.41, 5.74) is 9.90. The van der Waals surface area contributed by atoms with Crippen molar-refractivity contribution in [2.45, 2.75) is 13.3 Å². The number of hydrogen-bond acceptors (Lipinski definition) is 0. The number of aromatic nitrogens is 1. The standard InChI is InChI=1S/C21H17N/c1-13-6-5-8-14-15-10-11-20-21(18(15)12-17(13)14)16-7-3-4-9-19(16)22(20)2/h3-11H,12H2,1-2H3. The first-order valence-electron chi connectivity index (χ1n) is 7.83. The maximum atomic E-state index is 2.32. The van der Waals surface area contributed by atoms with E-state index in [0.29, 0.717) is 0 Å². The van der Waals surface area contributed by atoms with Crippen molar-refractivity contribution in [2.75, 3.05) is 0 Å². The van der Waals surface area contributed by atoms with Crippen molar-refractivity contribution in [3.8, 4) is 11.1 Å². The number of benzene rings is 3. The molecule has 0 amide bonds. The van der Waals surface area contributed by atoms with Gasteiger partial charge in [-0.1, -0.05) is 42.5 Å². The summed E-state index contributed by atoms with van der Waals surface area (Å²) >= 11 is 0. The second-order valence-corrected chi connectivity index (χ2v) is 6.34. The van der Waals surface area contributed by atoms with Crippen LogP contribution in [0.25, 0.3) is 32.9 Å². The van der Waals surface area contributed by atoms with E-state index in [2.05, 4.69) is 73.1 Å². The minimum Gasteiger partial charge on any atom is -0.344 e. The second kappa shape index (κ2) is 4.01. The summed E-state index contributed by atoms with van der Waals surface area (Å²) in [6.45, 7) is 2.23. The van der Waals surface area contributed by atoms with Gasteiger partial charge in [-0.3, -0.25) is 0 Å². The summed E-state index contributed by atoms with van der Waals surface area (Å²) in [6.07, 6.45) is 1.06. The zero-order valence-electron chi connectivity index (χ0n) is 12.9. The van der Waals surface area contributed by atoms with Crippen LogP contribution in [0.4, 0.5) is 0 Å². The van der Waals surface area contributed by atoms with Crippen LogP contribution in [0.5, 0.6) is 0 Å². The Labute approximate surface area is 129 Å². The molecule has 1 nitrogen and oxygen atoms in total. The summed E-state index contributed by atoms with van der Waals surface area (Å²) in [5, 5.41) is 2.81. The summed E-state index contributed by atoms with van der Waals surface area (Å²) in [4.78, 5) is 0. The Bertz CT molecular complexity index is 1070. The monoisotopic (exact) mass is 283 g/mol. The van der Waals surface area contributed by atoms with E-state index in [-0.39, 0.29) is 0 Å². The fourth-order valence-electron chi connectivity index (χ4n) is 4.12. The lowest BCUT2D eigenvalue weighted by Gasteiger charge is -2.04. The van der Waals surface area contributed by atoms with Crippen LogP contribution in [0, 0.1) is 6.92 Å². The highest BCUT2D eigenvalue weighted by Gasteiger charge is 2.23. The molecule has 0 spiro atoms. The first-order valence-corrected chi connectivity index (χ1v) is 7.83. The lowest BCUT2D eigenvalue weighted by atomic mass is 10.0. The third kappa shape index (κ3) is 1.34. The van der Waals surface area contributed by atoms with Gasteiger partial charge in [-0.15, -0.1) is 0 Å². The third-order valence-corrected chi connectivity index (χ3v) is 5.24. The van der Waals surface area contributed by atoms with Crippen LogP contribution in [-0.4, -0.2) is 4.57 Å². The quantitative estimate of drug-likeness (QED) is 0.367. The van der Waals surface area contributed by atoms with Gasteiger partial charge in [0.15, 0.2) is 0 Å². The maximum absolute atomic E-state index is 2.32. The molecule has 0 fully saturated rings. The van der Waals surface area contributed by atoms with Crippen molar-refractivity contribution < 1.29 is 0 Å². The highest BCUT2D eigenvalue weighted by molar-refractivity contribution is 6.12. The van der Waals surface area contributed by atoms with Crippen molar-refractivity contribution in [1.82, 2.24) is 4.57 Å². The summed E-state index contributed by atoms with van der Waals surface area (Å²) in [6, 6.07) is 20.0. The molecular weight excluding hydrogens is 266 g/mol. The Balaban J connectivity index is 1.97. The molecule has 0 N–H and O–H groups in total. The number of aryl methyl sites for hydroxylation is 2. The highest BCUT2D eigenvalue weighted by Crippen LogP contribution is 2.44. The number of hydrogen-bond donors (Lipinski definition) is 0. The number of rotatable bonds is 0. The minimum atomic E-state index is 1.06. The molecule has 22 heavy (non-hydrogen) atoms. The van der Waals surface area contributed by atoms with Gasteiger partial charge in [0.1, 0.15) is 0 Å². The van der Waals surface area contributed by atoms with E-state index in [1.165, 1.54) is 49.6 Å². The summed E-state index contributed by atoms with van der Waals surface area (Å²) in [5.74, 6) is 0. The molecule has 4 aromatic rings. The van der Waals surface area contributed by atoms with Crippen LogP contribution >= 0.6 is 0 Å². The Morgan fingerprint density at radius 3 is 2.50 bits per heavy atom. The van der Waals surface area contributed by atoms with E-state index in [0.717, 1.165) is 6.42 Å². The molecule has 0 atom stereocenters. The fourth-order valence-corrected chi connectivity index (χ4v) is 4.12. The van der Waals surface area contributed by atoms with E-state index in [1.54, 1.807) is 0 Å². The van der Waals surface area contributed by atoms with Gasteiger partial charge in [-0.25, -0.2) is 0 Å². The van der Waals surface area contributed by atoms with E-state index in [4.69, 9.17) is 0 Å². The van der Waals surface area contributed by atoms with E-state index < -0.39 is 0 Å². The van der Waals surface area contributed by atoms with E-state index in [1.807, 2.05) is 0 Å². The van der Waals surface area contributed by atoms with E-state index >= 15 is 0 Å². The predicted octanol–water partition coefficient (Wildman–Crippen LogP) is 5.21. The lowest BCUT2D eigenvalue weighted by molar-refractivity contribution is 1.01. The smallest absolute Gasteiger partial charge is 0.0492 e. The van der Waals surface area contributed by atoms with Crippen molar-refractivity contribution in [2.24, 2.45) is 7.05 Å². The van der Waals surface area contributed by atoms with Gasteiger partial charge in [-0.2, -0.15) is 0 Å². The van der Waals surface area contributed by atoms with Gasteiger partial charge in [0.2, 0.25) is 0 Å². The average molecular weight is 283 g/mol. The summed E-state index contributed by atoms with van der Waals surface area (Å²) < 4.78 is 2.32. The zero-order chi connectivity index (χ0) is 14.8. The third-order valence-electron chi connectivity index (χ3n) is 5.24. The first-order chi connectivity index (χ1) is 10.8. The second-order valence-electron chi connectivity index (χ2n) is 6.34.